The van der Waals surface area contributed by atoms with Gasteiger partial charge in [-0.1, -0.05) is 12.5 Å². The first-order chi connectivity index (χ1) is 9.66. The summed E-state index contributed by atoms with van der Waals surface area (Å²) in [5, 5.41) is 11.9. The third-order valence-corrected chi connectivity index (χ3v) is 3.80. The predicted molar refractivity (Wildman–Crippen MR) is 74.0 cm³/mol. The normalized spacial score (nSPS) is 22.2. The zero-order valence-corrected chi connectivity index (χ0v) is 11.4. The van der Waals surface area contributed by atoms with Gasteiger partial charge in [0.15, 0.2) is 0 Å². The number of hydrogen-bond acceptors (Lipinski definition) is 3. The lowest BCUT2D eigenvalue weighted by Crippen LogP contribution is -2.36. The lowest BCUT2D eigenvalue weighted by molar-refractivity contribution is -0.144. The topological polar surface area (TPSA) is 79.3 Å². The van der Waals surface area contributed by atoms with Crippen LogP contribution in [-0.2, 0) is 16.0 Å². The second-order valence-corrected chi connectivity index (χ2v) is 5.26. The van der Waals surface area contributed by atoms with Gasteiger partial charge in [0.05, 0.1) is 5.92 Å². The van der Waals surface area contributed by atoms with E-state index in [9.17, 15) is 9.59 Å². The third-order valence-electron chi connectivity index (χ3n) is 3.80. The van der Waals surface area contributed by atoms with Crippen molar-refractivity contribution in [2.24, 2.45) is 11.8 Å². The largest absolute Gasteiger partial charge is 0.481 e. The second kappa shape index (κ2) is 7.03. The molecular weight excluding hydrogens is 256 g/mol. The Hall–Kier alpha value is -1.91. The number of carboxylic acid groups (broad SMARTS) is 1. The van der Waals surface area contributed by atoms with Crippen molar-refractivity contribution in [3.8, 4) is 0 Å². The Labute approximate surface area is 118 Å². The van der Waals surface area contributed by atoms with Crippen molar-refractivity contribution in [3.63, 3.8) is 0 Å². The van der Waals surface area contributed by atoms with E-state index < -0.39 is 5.97 Å². The van der Waals surface area contributed by atoms with Crippen molar-refractivity contribution in [3.05, 3.63) is 30.1 Å². The Balaban J connectivity index is 1.75. The molecule has 0 bridgehead atoms. The average Bonchev–Trinajstić information content (AvgIpc) is 2.48. The van der Waals surface area contributed by atoms with Crippen molar-refractivity contribution in [1.82, 2.24) is 10.3 Å². The highest BCUT2D eigenvalue weighted by atomic mass is 16.4. The SMILES string of the molecule is O=C(O)C1CCCC(C(=O)NCCc2ccccn2)C1. The predicted octanol–water partition coefficient (Wildman–Crippen LogP) is 1.63. The van der Waals surface area contributed by atoms with E-state index in [2.05, 4.69) is 10.3 Å². The zero-order chi connectivity index (χ0) is 14.4. The number of rotatable bonds is 5. The van der Waals surface area contributed by atoms with Gasteiger partial charge in [-0.2, -0.15) is 0 Å². The molecule has 1 fully saturated rings. The molecule has 2 atom stereocenters. The van der Waals surface area contributed by atoms with Crippen molar-refractivity contribution >= 4 is 11.9 Å². The summed E-state index contributed by atoms with van der Waals surface area (Å²) in [7, 11) is 0. The van der Waals surface area contributed by atoms with Crippen LogP contribution >= 0.6 is 0 Å². The Morgan fingerprint density at radius 3 is 2.80 bits per heavy atom. The molecule has 1 aliphatic carbocycles. The standard InChI is InChI=1S/C15H20N2O3/c18-14(11-4-3-5-12(10-11)15(19)20)17-9-7-13-6-1-2-8-16-13/h1-2,6,8,11-12H,3-5,7,9-10H2,(H,17,18)(H,19,20). The third kappa shape index (κ3) is 4.05. The molecule has 2 unspecified atom stereocenters. The summed E-state index contributed by atoms with van der Waals surface area (Å²) >= 11 is 0. The van der Waals surface area contributed by atoms with Gasteiger partial charge in [0.2, 0.25) is 5.91 Å². The van der Waals surface area contributed by atoms with E-state index in [4.69, 9.17) is 5.11 Å². The maximum atomic E-state index is 12.0. The molecule has 1 aromatic heterocycles. The fourth-order valence-corrected chi connectivity index (χ4v) is 2.66. The van der Waals surface area contributed by atoms with E-state index in [1.165, 1.54) is 0 Å². The highest BCUT2D eigenvalue weighted by molar-refractivity contribution is 5.80. The second-order valence-electron chi connectivity index (χ2n) is 5.26. The molecule has 2 rings (SSSR count). The summed E-state index contributed by atoms with van der Waals surface area (Å²) < 4.78 is 0. The lowest BCUT2D eigenvalue weighted by Gasteiger charge is -2.25. The van der Waals surface area contributed by atoms with Crippen LogP contribution in [0.4, 0.5) is 0 Å². The Morgan fingerprint density at radius 2 is 2.10 bits per heavy atom. The van der Waals surface area contributed by atoms with Crippen molar-refractivity contribution < 1.29 is 14.7 Å². The Morgan fingerprint density at radius 1 is 1.30 bits per heavy atom. The Bertz CT molecular complexity index is 461. The maximum Gasteiger partial charge on any atom is 0.306 e. The maximum absolute atomic E-state index is 12.0. The molecule has 2 N–H and O–H groups in total. The molecular formula is C15H20N2O3. The number of nitrogens with zero attached hydrogens (tertiary/aromatic N) is 1. The molecule has 1 heterocycles. The zero-order valence-electron chi connectivity index (χ0n) is 11.4. The highest BCUT2D eigenvalue weighted by Crippen LogP contribution is 2.29. The molecule has 108 valence electrons. The van der Waals surface area contributed by atoms with Crippen LogP contribution in [0.15, 0.2) is 24.4 Å². The number of nitrogens with one attached hydrogen (secondary N) is 1. The Kier molecular flexibility index (Phi) is 5.09. The monoisotopic (exact) mass is 276 g/mol. The lowest BCUT2D eigenvalue weighted by atomic mass is 9.81. The molecule has 1 amide bonds. The summed E-state index contributed by atoms with van der Waals surface area (Å²) in [5.41, 5.74) is 0.944. The summed E-state index contributed by atoms with van der Waals surface area (Å²) in [6.07, 6.45) is 5.18. The molecule has 0 aromatic carbocycles. The van der Waals surface area contributed by atoms with Gasteiger partial charge in [-0.25, -0.2) is 0 Å². The first-order valence-electron chi connectivity index (χ1n) is 7.07. The van der Waals surface area contributed by atoms with E-state index in [-0.39, 0.29) is 17.7 Å². The first-order valence-corrected chi connectivity index (χ1v) is 7.07. The van der Waals surface area contributed by atoms with Gasteiger partial charge in [-0.05, 0) is 31.4 Å². The smallest absolute Gasteiger partial charge is 0.306 e. The van der Waals surface area contributed by atoms with Crippen LogP contribution in [0.1, 0.15) is 31.4 Å². The van der Waals surface area contributed by atoms with Gasteiger partial charge in [-0.3, -0.25) is 14.6 Å². The number of carbonyl (C=O) groups is 2. The van der Waals surface area contributed by atoms with Crippen LogP contribution in [-0.4, -0.2) is 28.5 Å². The average molecular weight is 276 g/mol. The number of hydrogen-bond donors (Lipinski definition) is 2. The molecule has 0 saturated heterocycles. The van der Waals surface area contributed by atoms with Gasteiger partial charge in [0.1, 0.15) is 0 Å². The number of aliphatic carboxylic acids is 1. The number of carbonyl (C=O) groups excluding carboxylic acids is 1. The number of pyridine rings is 1. The van der Waals surface area contributed by atoms with Crippen LogP contribution in [0.2, 0.25) is 0 Å². The van der Waals surface area contributed by atoms with Gasteiger partial charge in [0.25, 0.3) is 0 Å². The highest BCUT2D eigenvalue weighted by Gasteiger charge is 2.30. The van der Waals surface area contributed by atoms with E-state index in [1.54, 1.807) is 6.20 Å². The molecule has 1 aliphatic rings. The van der Waals surface area contributed by atoms with Crippen LogP contribution in [0.3, 0.4) is 0 Å². The van der Waals surface area contributed by atoms with E-state index >= 15 is 0 Å². The van der Waals surface area contributed by atoms with Crippen molar-refractivity contribution in [2.75, 3.05) is 6.54 Å². The van der Waals surface area contributed by atoms with E-state index in [0.717, 1.165) is 18.5 Å². The summed E-state index contributed by atoms with van der Waals surface area (Å²) in [6, 6.07) is 5.70. The van der Waals surface area contributed by atoms with Gasteiger partial charge >= 0.3 is 5.97 Å². The van der Waals surface area contributed by atoms with Gasteiger partial charge in [0, 0.05) is 30.8 Å². The molecule has 1 saturated carbocycles. The van der Waals surface area contributed by atoms with Gasteiger partial charge < -0.3 is 10.4 Å². The molecule has 5 heteroatoms. The van der Waals surface area contributed by atoms with Crippen LogP contribution < -0.4 is 5.32 Å². The van der Waals surface area contributed by atoms with Crippen molar-refractivity contribution in [1.29, 1.82) is 0 Å². The molecule has 1 aromatic rings. The van der Waals surface area contributed by atoms with Gasteiger partial charge in [-0.15, -0.1) is 0 Å². The van der Waals surface area contributed by atoms with Crippen LogP contribution in [0.25, 0.3) is 0 Å². The van der Waals surface area contributed by atoms with E-state index in [0.29, 0.717) is 25.8 Å². The summed E-state index contributed by atoms with van der Waals surface area (Å²) in [5.74, 6) is -1.33. The van der Waals surface area contributed by atoms with E-state index in [1.807, 2.05) is 18.2 Å². The number of aromatic nitrogens is 1. The summed E-state index contributed by atoms with van der Waals surface area (Å²) in [6.45, 7) is 0.546. The fourth-order valence-electron chi connectivity index (χ4n) is 2.66. The number of amides is 1. The fraction of sp³-hybridized carbons (Fsp3) is 0.533. The first kappa shape index (κ1) is 14.5. The van der Waals surface area contributed by atoms with Crippen LogP contribution in [0.5, 0.6) is 0 Å². The van der Waals surface area contributed by atoms with Crippen molar-refractivity contribution in [2.45, 2.75) is 32.1 Å². The number of carboxylic acids is 1. The molecule has 20 heavy (non-hydrogen) atoms. The molecule has 0 aliphatic heterocycles. The minimum atomic E-state index is -0.781. The minimum absolute atomic E-state index is 0.0214. The quantitative estimate of drug-likeness (QED) is 0.856. The molecule has 5 nitrogen and oxygen atoms in total. The van der Waals surface area contributed by atoms with Crippen LogP contribution in [0, 0.1) is 11.8 Å². The summed E-state index contributed by atoms with van der Waals surface area (Å²) in [4.78, 5) is 27.2. The molecule has 0 spiro atoms. The minimum Gasteiger partial charge on any atom is -0.481 e. The molecule has 0 radical (unpaired) electrons.